The predicted molar refractivity (Wildman–Crippen MR) is 91.8 cm³/mol. The van der Waals surface area contributed by atoms with Gasteiger partial charge in [0.05, 0.1) is 12.0 Å². The summed E-state index contributed by atoms with van der Waals surface area (Å²) < 4.78 is 1.88. The molecule has 0 bridgehead atoms. The van der Waals surface area contributed by atoms with Crippen LogP contribution < -0.4 is 5.32 Å². The molecule has 0 aliphatic heterocycles. The molecule has 3 aromatic rings. The van der Waals surface area contributed by atoms with E-state index in [0.29, 0.717) is 11.6 Å². The molecule has 0 atom stereocenters. The fraction of sp³-hybridized carbons (Fsp3) is 0.278. The minimum Gasteiger partial charge on any atom is -0.348 e. The molecule has 1 aromatic carbocycles. The highest BCUT2D eigenvalue weighted by Crippen LogP contribution is 2.44. The molecule has 2 heterocycles. The largest absolute Gasteiger partial charge is 0.348 e. The van der Waals surface area contributed by atoms with E-state index < -0.39 is 5.41 Å². The van der Waals surface area contributed by atoms with Crippen LogP contribution in [0.4, 0.5) is 0 Å². The van der Waals surface area contributed by atoms with Gasteiger partial charge in [-0.25, -0.2) is 0 Å². The zero-order valence-electron chi connectivity index (χ0n) is 13.1. The molecule has 1 amide bonds. The zero-order chi connectivity index (χ0) is 16.6. The Kier molecular flexibility index (Phi) is 3.73. The number of hydrogen-bond donors (Lipinski definition) is 1. The van der Waals surface area contributed by atoms with Gasteiger partial charge >= 0.3 is 0 Å². The van der Waals surface area contributed by atoms with Crippen LogP contribution >= 0.6 is 11.6 Å². The van der Waals surface area contributed by atoms with Crippen molar-refractivity contribution >= 4 is 23.2 Å². The Morgan fingerprint density at radius 1 is 1.17 bits per heavy atom. The van der Waals surface area contributed by atoms with Gasteiger partial charge in [-0.05, 0) is 42.7 Å². The van der Waals surface area contributed by atoms with Gasteiger partial charge in [-0.1, -0.05) is 36.2 Å². The van der Waals surface area contributed by atoms with E-state index in [2.05, 4.69) is 15.5 Å². The van der Waals surface area contributed by atoms with Crippen molar-refractivity contribution < 1.29 is 4.79 Å². The fourth-order valence-corrected chi connectivity index (χ4v) is 3.41. The normalized spacial score (nSPS) is 15.9. The van der Waals surface area contributed by atoms with Crippen molar-refractivity contribution in [1.82, 2.24) is 19.9 Å². The van der Waals surface area contributed by atoms with Gasteiger partial charge in [0.25, 0.3) is 0 Å². The number of amides is 1. The molecule has 0 unspecified atom stereocenters. The number of nitrogens with one attached hydrogen (secondary N) is 1. The third kappa shape index (κ3) is 2.45. The first kappa shape index (κ1) is 15.1. The van der Waals surface area contributed by atoms with Crippen LogP contribution in [0.3, 0.4) is 0 Å². The number of benzene rings is 1. The van der Waals surface area contributed by atoms with Crippen molar-refractivity contribution in [3.05, 3.63) is 65.1 Å². The Labute approximate surface area is 144 Å². The lowest BCUT2D eigenvalue weighted by Crippen LogP contribution is -2.49. The second kappa shape index (κ2) is 5.91. The first-order valence-corrected chi connectivity index (χ1v) is 8.40. The SMILES string of the molecule is O=C(NCc1nnc2ccccn12)C1(c2ccc(Cl)cc2)CCC1. The summed E-state index contributed by atoms with van der Waals surface area (Å²) >= 11 is 5.97. The predicted octanol–water partition coefficient (Wildman–Crippen LogP) is 3.12. The molecule has 0 saturated heterocycles. The average Bonchev–Trinajstić information content (AvgIpc) is 2.97. The smallest absolute Gasteiger partial charge is 0.231 e. The number of carbonyl (C=O) groups is 1. The van der Waals surface area contributed by atoms with Crippen LogP contribution in [0, 0.1) is 0 Å². The summed E-state index contributed by atoms with van der Waals surface area (Å²) in [6.07, 6.45) is 4.68. The Morgan fingerprint density at radius 2 is 1.96 bits per heavy atom. The molecule has 5 nitrogen and oxygen atoms in total. The Balaban J connectivity index is 1.53. The number of carbonyl (C=O) groups excluding carboxylic acids is 1. The van der Waals surface area contributed by atoms with Crippen molar-refractivity contribution in [2.45, 2.75) is 31.2 Å². The number of hydrogen-bond acceptors (Lipinski definition) is 3. The maximum atomic E-state index is 12.9. The Bertz CT molecular complexity index is 883. The second-order valence-electron chi connectivity index (χ2n) is 6.17. The van der Waals surface area contributed by atoms with Crippen molar-refractivity contribution in [3.8, 4) is 0 Å². The lowest BCUT2D eigenvalue weighted by atomic mass is 9.64. The summed E-state index contributed by atoms with van der Waals surface area (Å²) in [5.74, 6) is 0.772. The van der Waals surface area contributed by atoms with Gasteiger partial charge in [-0.15, -0.1) is 10.2 Å². The molecule has 4 rings (SSSR count). The van der Waals surface area contributed by atoms with Crippen LogP contribution in [0.1, 0.15) is 30.7 Å². The summed E-state index contributed by atoms with van der Waals surface area (Å²) in [6, 6.07) is 13.3. The molecular formula is C18H17ClN4O. The lowest BCUT2D eigenvalue weighted by Gasteiger charge is -2.40. The van der Waals surface area contributed by atoms with Crippen LogP contribution in [0.25, 0.3) is 5.65 Å². The quantitative estimate of drug-likeness (QED) is 0.793. The number of halogens is 1. The summed E-state index contributed by atoms with van der Waals surface area (Å²) in [4.78, 5) is 12.9. The van der Waals surface area contributed by atoms with E-state index in [4.69, 9.17) is 11.6 Å². The average molecular weight is 341 g/mol. The van der Waals surface area contributed by atoms with Crippen LogP contribution in [0.2, 0.25) is 5.02 Å². The summed E-state index contributed by atoms with van der Waals surface area (Å²) in [5, 5.41) is 12.0. The molecular weight excluding hydrogens is 324 g/mol. The number of pyridine rings is 1. The molecule has 1 aliphatic rings. The van der Waals surface area contributed by atoms with Crippen LogP contribution in [-0.2, 0) is 16.8 Å². The number of aromatic nitrogens is 3. The summed E-state index contributed by atoms with van der Waals surface area (Å²) in [7, 11) is 0. The molecule has 24 heavy (non-hydrogen) atoms. The molecule has 122 valence electrons. The molecule has 1 N–H and O–H groups in total. The molecule has 1 fully saturated rings. The van der Waals surface area contributed by atoms with E-state index in [-0.39, 0.29) is 5.91 Å². The van der Waals surface area contributed by atoms with Gasteiger partial charge in [0.2, 0.25) is 5.91 Å². The standard InChI is InChI=1S/C18H17ClN4O/c19-14-7-5-13(6-8-14)18(9-3-10-18)17(24)20-12-16-22-21-15-4-1-2-11-23(15)16/h1-2,4-8,11H,3,9-10,12H2,(H,20,24). The zero-order valence-corrected chi connectivity index (χ0v) is 13.8. The maximum absolute atomic E-state index is 12.9. The monoisotopic (exact) mass is 340 g/mol. The third-order valence-electron chi connectivity index (χ3n) is 4.83. The van der Waals surface area contributed by atoms with Gasteiger partial charge in [-0.3, -0.25) is 9.20 Å². The van der Waals surface area contributed by atoms with E-state index >= 15 is 0 Å². The van der Waals surface area contributed by atoms with E-state index in [1.165, 1.54) is 0 Å². The molecule has 1 aliphatic carbocycles. The first-order chi connectivity index (χ1) is 11.7. The van der Waals surface area contributed by atoms with Gasteiger partial charge in [-0.2, -0.15) is 0 Å². The van der Waals surface area contributed by atoms with Gasteiger partial charge in [0, 0.05) is 11.2 Å². The molecule has 2 aromatic heterocycles. The highest BCUT2D eigenvalue weighted by Gasteiger charge is 2.45. The lowest BCUT2D eigenvalue weighted by molar-refractivity contribution is -0.130. The molecule has 6 heteroatoms. The van der Waals surface area contributed by atoms with Crippen molar-refractivity contribution in [2.75, 3.05) is 0 Å². The van der Waals surface area contributed by atoms with E-state index in [1.807, 2.05) is 53.1 Å². The Hall–Kier alpha value is -2.40. The summed E-state index contributed by atoms with van der Waals surface area (Å²) in [5.41, 5.74) is 1.37. The summed E-state index contributed by atoms with van der Waals surface area (Å²) in [6.45, 7) is 0.360. The number of rotatable bonds is 4. The molecule has 0 spiro atoms. The highest BCUT2D eigenvalue weighted by molar-refractivity contribution is 6.30. The number of fused-ring (bicyclic) bond motifs is 1. The van der Waals surface area contributed by atoms with E-state index in [1.54, 1.807) is 0 Å². The van der Waals surface area contributed by atoms with Crippen molar-refractivity contribution in [1.29, 1.82) is 0 Å². The van der Waals surface area contributed by atoms with Gasteiger partial charge in [0.1, 0.15) is 0 Å². The van der Waals surface area contributed by atoms with Crippen LogP contribution in [0.15, 0.2) is 48.7 Å². The molecule has 0 radical (unpaired) electrons. The molecule has 1 saturated carbocycles. The topological polar surface area (TPSA) is 59.3 Å². The third-order valence-corrected chi connectivity index (χ3v) is 5.08. The minimum atomic E-state index is -0.439. The fourth-order valence-electron chi connectivity index (χ4n) is 3.29. The van der Waals surface area contributed by atoms with Gasteiger partial charge < -0.3 is 5.32 Å². The van der Waals surface area contributed by atoms with E-state index in [0.717, 1.165) is 36.3 Å². The number of nitrogens with zero attached hydrogens (tertiary/aromatic N) is 3. The minimum absolute atomic E-state index is 0.0451. The van der Waals surface area contributed by atoms with E-state index in [9.17, 15) is 4.79 Å². The van der Waals surface area contributed by atoms with Gasteiger partial charge in [0.15, 0.2) is 11.5 Å². The highest BCUT2D eigenvalue weighted by atomic mass is 35.5. The van der Waals surface area contributed by atoms with Crippen LogP contribution in [0.5, 0.6) is 0 Å². The van der Waals surface area contributed by atoms with Crippen molar-refractivity contribution in [3.63, 3.8) is 0 Å². The van der Waals surface area contributed by atoms with Crippen LogP contribution in [-0.4, -0.2) is 20.5 Å². The van der Waals surface area contributed by atoms with Crippen molar-refractivity contribution in [2.24, 2.45) is 0 Å². The maximum Gasteiger partial charge on any atom is 0.231 e. The first-order valence-electron chi connectivity index (χ1n) is 8.02. The Morgan fingerprint density at radius 3 is 2.67 bits per heavy atom. The second-order valence-corrected chi connectivity index (χ2v) is 6.61.